The van der Waals surface area contributed by atoms with E-state index < -0.39 is 11.9 Å². The lowest BCUT2D eigenvalue weighted by atomic mass is 9.34. The Morgan fingerprint density at radius 1 is 1.00 bits per heavy atom. The highest BCUT2D eigenvalue weighted by Crippen LogP contribution is 2.75. The van der Waals surface area contributed by atoms with Gasteiger partial charge >= 0.3 is 11.9 Å². The summed E-state index contributed by atoms with van der Waals surface area (Å²) in [7, 11) is 0. The van der Waals surface area contributed by atoms with Gasteiger partial charge in [-0.15, -0.1) is 0 Å². The normalized spacial score (nSPS) is 44.0. The second-order valence-corrected chi connectivity index (χ2v) is 18.8. The van der Waals surface area contributed by atoms with Crippen LogP contribution in [0.15, 0.2) is 11.6 Å². The number of fused-ring (bicyclic) bond motifs is 3. The Kier molecular flexibility index (Phi) is 10.7. The molecule has 2 heterocycles. The largest absolute Gasteiger partial charge is 0.481 e. The number of hydrogen-bond acceptors (Lipinski definition) is 8. The summed E-state index contributed by atoms with van der Waals surface area (Å²) < 4.78 is 19.8. The van der Waals surface area contributed by atoms with E-state index in [-0.39, 0.29) is 51.2 Å². The maximum absolute atomic E-state index is 13.4. The maximum Gasteiger partial charge on any atom is 0.307 e. The van der Waals surface area contributed by atoms with E-state index in [1.807, 2.05) is 0 Å². The number of esters is 1. The minimum absolute atomic E-state index is 0.150. The first-order valence-electron chi connectivity index (χ1n) is 20.0. The molecule has 284 valence electrons. The number of carbonyl (C=O) groups is 2. The Morgan fingerprint density at radius 2 is 1.68 bits per heavy atom. The molecule has 50 heavy (non-hydrogen) atoms. The van der Waals surface area contributed by atoms with Gasteiger partial charge in [0.15, 0.2) is 0 Å². The van der Waals surface area contributed by atoms with Crippen molar-refractivity contribution in [1.29, 1.82) is 0 Å². The number of ether oxygens (including phenoxy) is 3. The average molecular weight is 700 g/mol. The minimum atomic E-state index is -0.633. The third-order valence-electron chi connectivity index (χ3n) is 16.2. The molecule has 0 radical (unpaired) electrons. The fourth-order valence-electron chi connectivity index (χ4n) is 13.1. The Labute approximate surface area is 302 Å². The van der Waals surface area contributed by atoms with Crippen molar-refractivity contribution in [3.63, 3.8) is 0 Å². The standard InChI is InChI=1S/C41H69N3O6/c1-27(2)28(3)37(5)14-15-39(7)30-10-11-33-38(6)25-48-26-41(33,31(30)12-13-40(39,8)34(37)36(46)47)24-32(50-29(4)45)35(38)49-23-22-44-20-18-43(19-21-44)17-9-16-42/h12,27-28,30,32-35H,9-11,13-26,42H2,1-8H3,(H,46,47)/t28-,30+,32-,33?,34-,35+,37-,38+,39-,40+,41+/m1/s1. The number of nitrogens with two attached hydrogens (primary N) is 1. The van der Waals surface area contributed by atoms with Gasteiger partial charge in [-0.25, -0.2) is 0 Å². The van der Waals surface area contributed by atoms with Crippen LogP contribution in [0, 0.1) is 56.7 Å². The molecule has 0 aromatic carbocycles. The molecule has 11 atom stereocenters. The maximum atomic E-state index is 13.4. The quantitative estimate of drug-likeness (QED) is 0.202. The van der Waals surface area contributed by atoms with E-state index in [2.05, 4.69) is 64.3 Å². The van der Waals surface area contributed by atoms with Crippen LogP contribution < -0.4 is 5.73 Å². The molecule has 6 aliphatic rings. The third-order valence-corrected chi connectivity index (χ3v) is 16.2. The van der Waals surface area contributed by atoms with Gasteiger partial charge in [0.05, 0.1) is 25.7 Å². The van der Waals surface area contributed by atoms with Gasteiger partial charge in [-0.2, -0.15) is 0 Å². The molecule has 2 bridgehead atoms. The SMILES string of the molecule is CC(=O)O[C@@H]1C[C@@]23COC[C@@](C)(C2CC[C@H]2C3=CC[C@@]3(C)[C@H](C(=O)O)[C@@](C)([C@H](C)C(C)C)CC[C@]23C)[C@H]1OCCN1CCN(CCCN)CC1. The summed E-state index contributed by atoms with van der Waals surface area (Å²) in [4.78, 5) is 31.1. The molecule has 0 spiro atoms. The highest BCUT2D eigenvalue weighted by Gasteiger charge is 2.72. The molecular weight excluding hydrogens is 630 g/mol. The van der Waals surface area contributed by atoms with Crippen molar-refractivity contribution >= 4 is 11.9 Å². The van der Waals surface area contributed by atoms with E-state index in [0.29, 0.717) is 44.0 Å². The van der Waals surface area contributed by atoms with Gasteiger partial charge in [0, 0.05) is 50.5 Å². The number of aliphatic carboxylic acids is 1. The number of allylic oxidation sites excluding steroid dienone is 1. The summed E-state index contributed by atoms with van der Waals surface area (Å²) in [6.45, 7) is 26.3. The molecule has 3 saturated carbocycles. The predicted molar refractivity (Wildman–Crippen MR) is 195 cm³/mol. The van der Waals surface area contributed by atoms with Gasteiger partial charge in [0.25, 0.3) is 0 Å². The van der Waals surface area contributed by atoms with E-state index in [9.17, 15) is 14.7 Å². The first-order chi connectivity index (χ1) is 23.6. The van der Waals surface area contributed by atoms with Crippen LogP contribution in [-0.2, 0) is 23.8 Å². The molecule has 4 aliphatic carbocycles. The van der Waals surface area contributed by atoms with Crippen molar-refractivity contribution < 1.29 is 28.9 Å². The molecule has 9 nitrogen and oxygen atoms in total. The number of nitrogens with zero attached hydrogens (tertiary/aromatic N) is 2. The van der Waals surface area contributed by atoms with Crippen molar-refractivity contribution in [2.75, 3.05) is 65.6 Å². The van der Waals surface area contributed by atoms with Crippen LogP contribution in [0.2, 0.25) is 0 Å². The van der Waals surface area contributed by atoms with Gasteiger partial charge in [-0.3, -0.25) is 14.5 Å². The van der Waals surface area contributed by atoms with Crippen LogP contribution in [-0.4, -0.2) is 105 Å². The first-order valence-corrected chi connectivity index (χ1v) is 20.0. The van der Waals surface area contributed by atoms with Gasteiger partial charge in [0.1, 0.15) is 12.2 Å². The van der Waals surface area contributed by atoms with Gasteiger partial charge in [-0.05, 0) is 98.0 Å². The molecule has 2 saturated heterocycles. The summed E-state index contributed by atoms with van der Waals surface area (Å²) in [6, 6.07) is 0. The van der Waals surface area contributed by atoms with Crippen LogP contribution in [0.3, 0.4) is 0 Å². The Hall–Kier alpha value is -1.52. The Morgan fingerprint density at radius 3 is 2.30 bits per heavy atom. The molecule has 0 amide bonds. The summed E-state index contributed by atoms with van der Waals surface area (Å²) in [6.07, 6.45) is 8.47. The number of rotatable bonds is 11. The summed E-state index contributed by atoms with van der Waals surface area (Å²) in [5.41, 5.74) is 5.87. The van der Waals surface area contributed by atoms with Crippen molar-refractivity contribution in [2.24, 2.45) is 62.4 Å². The number of carboxylic acids is 1. The summed E-state index contributed by atoms with van der Waals surface area (Å²) in [5, 5.41) is 11.0. The first kappa shape index (κ1) is 38.2. The zero-order chi connectivity index (χ0) is 36.3. The number of carboxylic acid groups (broad SMARTS) is 1. The van der Waals surface area contributed by atoms with E-state index in [4.69, 9.17) is 19.9 Å². The minimum Gasteiger partial charge on any atom is -0.481 e. The molecule has 5 fully saturated rings. The van der Waals surface area contributed by atoms with Gasteiger partial charge in [0.2, 0.25) is 0 Å². The van der Waals surface area contributed by atoms with E-state index >= 15 is 0 Å². The highest BCUT2D eigenvalue weighted by molar-refractivity contribution is 5.73. The third kappa shape index (κ3) is 6.01. The monoisotopic (exact) mass is 700 g/mol. The number of carbonyl (C=O) groups excluding carboxylic acids is 1. The van der Waals surface area contributed by atoms with Gasteiger partial charge in [-0.1, -0.05) is 60.1 Å². The molecule has 9 heteroatoms. The lowest BCUT2D eigenvalue weighted by Crippen LogP contribution is -2.70. The van der Waals surface area contributed by atoms with Crippen molar-refractivity contribution in [3.8, 4) is 0 Å². The van der Waals surface area contributed by atoms with Crippen LogP contribution in [0.1, 0.15) is 100 Å². The van der Waals surface area contributed by atoms with Gasteiger partial charge < -0.3 is 30.0 Å². The Balaban J connectivity index is 1.27. The lowest BCUT2D eigenvalue weighted by molar-refractivity contribution is -0.267. The molecule has 0 aromatic heterocycles. The molecule has 3 N–H and O–H groups in total. The van der Waals surface area contributed by atoms with Crippen LogP contribution in [0.5, 0.6) is 0 Å². The molecule has 6 rings (SSSR count). The van der Waals surface area contributed by atoms with E-state index in [1.54, 1.807) is 0 Å². The smallest absolute Gasteiger partial charge is 0.307 e. The second kappa shape index (κ2) is 14.0. The number of hydrogen-bond donors (Lipinski definition) is 2. The fourth-order valence-corrected chi connectivity index (χ4v) is 13.1. The average Bonchev–Trinajstić information content (AvgIpc) is 3.05. The second-order valence-electron chi connectivity index (χ2n) is 18.8. The van der Waals surface area contributed by atoms with Crippen LogP contribution in [0.25, 0.3) is 0 Å². The van der Waals surface area contributed by atoms with E-state index in [0.717, 1.165) is 84.3 Å². The Bertz CT molecular complexity index is 1300. The van der Waals surface area contributed by atoms with Crippen LogP contribution >= 0.6 is 0 Å². The lowest BCUT2D eigenvalue weighted by Gasteiger charge is -2.71. The molecule has 2 aliphatic heterocycles. The number of piperazine rings is 1. The van der Waals surface area contributed by atoms with Crippen molar-refractivity contribution in [3.05, 3.63) is 11.6 Å². The summed E-state index contributed by atoms with van der Waals surface area (Å²) in [5.74, 6) is 0.0568. The van der Waals surface area contributed by atoms with Crippen molar-refractivity contribution in [2.45, 2.75) is 113 Å². The topological polar surface area (TPSA) is 115 Å². The van der Waals surface area contributed by atoms with E-state index in [1.165, 1.54) is 12.5 Å². The van der Waals surface area contributed by atoms with Crippen molar-refractivity contribution in [1.82, 2.24) is 9.80 Å². The van der Waals surface area contributed by atoms with Crippen LogP contribution in [0.4, 0.5) is 0 Å². The highest BCUT2D eigenvalue weighted by atomic mass is 16.6. The zero-order valence-electron chi connectivity index (χ0n) is 32.6. The molecular formula is C41H69N3O6. The summed E-state index contributed by atoms with van der Waals surface area (Å²) >= 11 is 0. The fraction of sp³-hybridized carbons (Fsp3) is 0.902. The molecule has 0 aromatic rings. The zero-order valence-corrected chi connectivity index (χ0v) is 32.6. The molecule has 1 unspecified atom stereocenters. The predicted octanol–water partition coefficient (Wildman–Crippen LogP) is 5.86.